The molecule has 0 unspecified atom stereocenters. The number of aryl methyl sites for hydroxylation is 1. The second-order valence-corrected chi connectivity index (χ2v) is 11.2. The molecule has 220 valence electrons. The zero-order valence-corrected chi connectivity index (χ0v) is 24.4. The first-order valence-corrected chi connectivity index (χ1v) is 14.5. The molecule has 42 heavy (non-hydrogen) atoms. The average Bonchev–Trinajstić information content (AvgIpc) is 3.67. The molecule has 1 saturated heterocycles. The van der Waals surface area contributed by atoms with E-state index in [0.717, 1.165) is 56.1 Å². The molecule has 0 spiro atoms. The molecule has 0 saturated carbocycles. The highest BCUT2D eigenvalue weighted by Crippen LogP contribution is 2.35. The molecule has 0 bridgehead atoms. The number of nitrogens with zero attached hydrogens (tertiary/aromatic N) is 4. The molecule has 6 rings (SSSR count). The Balaban J connectivity index is 1.22. The van der Waals surface area contributed by atoms with Crippen molar-refractivity contribution in [3.8, 4) is 28.7 Å². The molecule has 0 aliphatic carbocycles. The first kappa shape index (κ1) is 28.4. The van der Waals surface area contributed by atoms with Gasteiger partial charge in [0.05, 0.1) is 31.2 Å². The molecule has 2 N–H and O–H groups in total. The van der Waals surface area contributed by atoms with E-state index in [9.17, 15) is 10.2 Å². The minimum Gasteiger partial charge on any atom is -0.488 e. The van der Waals surface area contributed by atoms with E-state index in [1.807, 2.05) is 37.3 Å². The van der Waals surface area contributed by atoms with Gasteiger partial charge < -0.3 is 24.4 Å². The fourth-order valence-electron chi connectivity index (χ4n) is 6.13. The molecular formula is C33H38N4O5. The number of hydrogen-bond donors (Lipinski definition) is 2. The molecule has 9 nitrogen and oxygen atoms in total. The summed E-state index contributed by atoms with van der Waals surface area (Å²) in [6.07, 6.45) is 1.89. The fourth-order valence-corrected chi connectivity index (χ4v) is 6.13. The smallest absolute Gasteiger partial charge is 0.226 e. The maximum atomic E-state index is 9.68. The van der Waals surface area contributed by atoms with E-state index in [2.05, 4.69) is 29.1 Å². The predicted octanol–water partition coefficient (Wildman–Crippen LogP) is 4.52. The zero-order valence-electron chi connectivity index (χ0n) is 24.4. The highest BCUT2D eigenvalue weighted by atomic mass is 16.5. The third kappa shape index (κ3) is 5.65. The molecule has 1 fully saturated rings. The molecule has 1 atom stereocenters. The molecule has 4 aromatic rings. The third-order valence-electron chi connectivity index (χ3n) is 8.45. The Morgan fingerprint density at radius 3 is 2.74 bits per heavy atom. The van der Waals surface area contributed by atoms with Crippen LogP contribution in [-0.2, 0) is 24.3 Å². The number of para-hydroxylation sites is 1. The van der Waals surface area contributed by atoms with Crippen LogP contribution in [0.25, 0.3) is 17.1 Å². The quantitative estimate of drug-likeness (QED) is 0.284. The van der Waals surface area contributed by atoms with Crippen molar-refractivity contribution in [3.05, 3.63) is 88.1 Å². The first-order chi connectivity index (χ1) is 20.4. The summed E-state index contributed by atoms with van der Waals surface area (Å²) in [6.45, 7) is 9.71. The van der Waals surface area contributed by atoms with Gasteiger partial charge >= 0.3 is 0 Å². The van der Waals surface area contributed by atoms with Gasteiger partial charge in [-0.15, -0.1) is 0 Å². The number of pyridine rings is 1. The van der Waals surface area contributed by atoms with E-state index in [0.29, 0.717) is 24.0 Å². The molecule has 2 aromatic carbocycles. The van der Waals surface area contributed by atoms with Gasteiger partial charge in [0.25, 0.3) is 0 Å². The van der Waals surface area contributed by atoms with E-state index >= 15 is 0 Å². The van der Waals surface area contributed by atoms with Gasteiger partial charge in [-0.2, -0.15) is 9.78 Å². The lowest BCUT2D eigenvalue weighted by molar-refractivity contribution is -0.0439. The Morgan fingerprint density at radius 2 is 1.95 bits per heavy atom. The SMILES string of the molecule is COc1c(C(O)O)cnn1-c1cccc(-c2cccc(C)c2OCc2ccc3c(c2C)CCN(C[C@@H]2CCOC2)C3)n1. The number of rotatable bonds is 9. The Morgan fingerprint density at radius 1 is 1.10 bits per heavy atom. The molecule has 2 aromatic heterocycles. The van der Waals surface area contributed by atoms with Crippen molar-refractivity contribution in [3.63, 3.8) is 0 Å². The summed E-state index contributed by atoms with van der Waals surface area (Å²) in [4.78, 5) is 7.41. The van der Waals surface area contributed by atoms with Crippen LogP contribution in [0.3, 0.4) is 0 Å². The number of aromatic nitrogens is 3. The summed E-state index contributed by atoms with van der Waals surface area (Å²) in [5.74, 6) is 2.15. The topological polar surface area (TPSA) is 102 Å². The van der Waals surface area contributed by atoms with Crippen molar-refractivity contribution < 1.29 is 24.4 Å². The van der Waals surface area contributed by atoms with Crippen molar-refractivity contribution in [1.82, 2.24) is 19.7 Å². The van der Waals surface area contributed by atoms with Crippen LogP contribution in [0.1, 0.15) is 46.1 Å². The Bertz CT molecular complexity index is 1560. The van der Waals surface area contributed by atoms with Crippen LogP contribution in [-0.4, -0.2) is 63.3 Å². The van der Waals surface area contributed by atoms with Gasteiger partial charge in [0.1, 0.15) is 12.4 Å². The average molecular weight is 571 g/mol. The highest BCUT2D eigenvalue weighted by Gasteiger charge is 2.24. The lowest BCUT2D eigenvalue weighted by atomic mass is 9.91. The van der Waals surface area contributed by atoms with E-state index in [4.69, 9.17) is 19.2 Å². The van der Waals surface area contributed by atoms with E-state index < -0.39 is 6.29 Å². The molecule has 2 aliphatic rings. The summed E-state index contributed by atoms with van der Waals surface area (Å²) in [5, 5.41) is 23.6. The van der Waals surface area contributed by atoms with Crippen molar-refractivity contribution in [2.75, 3.05) is 33.4 Å². The Hall–Kier alpha value is -3.76. The van der Waals surface area contributed by atoms with Crippen molar-refractivity contribution in [2.45, 2.75) is 46.1 Å². The maximum Gasteiger partial charge on any atom is 0.226 e. The lowest BCUT2D eigenvalue weighted by Crippen LogP contribution is -2.35. The van der Waals surface area contributed by atoms with Gasteiger partial charge in [-0.25, -0.2) is 4.98 Å². The minimum atomic E-state index is -1.70. The van der Waals surface area contributed by atoms with Crippen LogP contribution < -0.4 is 9.47 Å². The highest BCUT2D eigenvalue weighted by molar-refractivity contribution is 5.69. The monoisotopic (exact) mass is 570 g/mol. The van der Waals surface area contributed by atoms with E-state index in [1.165, 1.54) is 46.7 Å². The minimum absolute atomic E-state index is 0.167. The second kappa shape index (κ2) is 12.2. The molecule has 4 heterocycles. The molecular weight excluding hydrogens is 532 g/mol. The Kier molecular flexibility index (Phi) is 8.26. The van der Waals surface area contributed by atoms with Crippen molar-refractivity contribution in [2.24, 2.45) is 5.92 Å². The number of ether oxygens (including phenoxy) is 3. The van der Waals surface area contributed by atoms with Crippen LogP contribution in [0.2, 0.25) is 0 Å². The number of benzene rings is 2. The molecule has 0 radical (unpaired) electrons. The summed E-state index contributed by atoms with van der Waals surface area (Å²) in [6, 6.07) is 16.1. The molecule has 2 aliphatic heterocycles. The summed E-state index contributed by atoms with van der Waals surface area (Å²) >= 11 is 0. The summed E-state index contributed by atoms with van der Waals surface area (Å²) in [7, 11) is 1.46. The van der Waals surface area contributed by atoms with Gasteiger partial charge in [0, 0.05) is 31.8 Å². The van der Waals surface area contributed by atoms with Crippen molar-refractivity contribution >= 4 is 0 Å². The van der Waals surface area contributed by atoms with Crippen LogP contribution in [0.15, 0.2) is 54.7 Å². The van der Waals surface area contributed by atoms with Gasteiger partial charge in [-0.1, -0.05) is 30.3 Å². The van der Waals surface area contributed by atoms with Gasteiger partial charge in [0.2, 0.25) is 5.88 Å². The van der Waals surface area contributed by atoms with Crippen molar-refractivity contribution in [1.29, 1.82) is 0 Å². The van der Waals surface area contributed by atoms with Gasteiger partial charge in [-0.05, 0) is 78.6 Å². The summed E-state index contributed by atoms with van der Waals surface area (Å²) in [5.41, 5.74) is 8.15. The standard InChI is InChI=1S/C33H38N4O5/c1-21-6-4-7-27(29-8-5-9-30(35-29)37-32(40-3)28(16-34-37)33(38)39)31(21)42-20-25-11-10-24-18-36(14-12-26(24)22(25)2)17-23-13-15-41-19-23/h4-11,16,23,33,38-39H,12-15,17-20H2,1-3H3/t23-/m0/s1. The molecule has 9 heteroatoms. The maximum absolute atomic E-state index is 9.68. The Labute approximate surface area is 246 Å². The van der Waals surface area contributed by atoms with Crippen LogP contribution in [0.5, 0.6) is 11.6 Å². The van der Waals surface area contributed by atoms with Crippen LogP contribution in [0.4, 0.5) is 0 Å². The summed E-state index contributed by atoms with van der Waals surface area (Å²) < 4.78 is 19.0. The zero-order chi connectivity index (χ0) is 29.2. The number of hydrogen-bond acceptors (Lipinski definition) is 8. The van der Waals surface area contributed by atoms with Crippen LogP contribution in [0, 0.1) is 19.8 Å². The molecule has 0 amide bonds. The van der Waals surface area contributed by atoms with E-state index in [-0.39, 0.29) is 11.4 Å². The fraction of sp³-hybridized carbons (Fsp3) is 0.394. The van der Waals surface area contributed by atoms with E-state index in [1.54, 1.807) is 6.07 Å². The normalized spacial score (nSPS) is 17.0. The van der Waals surface area contributed by atoms with Gasteiger partial charge in [-0.3, -0.25) is 4.90 Å². The number of fused-ring (bicyclic) bond motifs is 1. The first-order valence-electron chi connectivity index (χ1n) is 14.5. The van der Waals surface area contributed by atoms with Crippen LogP contribution >= 0.6 is 0 Å². The number of methoxy groups -OCH3 is 1. The lowest BCUT2D eigenvalue weighted by Gasteiger charge is -2.32. The second-order valence-electron chi connectivity index (χ2n) is 11.2. The predicted molar refractivity (Wildman–Crippen MR) is 159 cm³/mol. The third-order valence-corrected chi connectivity index (χ3v) is 8.45. The largest absolute Gasteiger partial charge is 0.488 e. The number of aliphatic hydroxyl groups is 2. The van der Waals surface area contributed by atoms with Gasteiger partial charge in [0.15, 0.2) is 12.1 Å². The number of aliphatic hydroxyl groups excluding tert-OH is 1.